The SMILES string of the molecule is CCOC(N)=O.N.O=S(=O)(O)O. The molecule has 12 heavy (non-hydrogen) atoms. The Morgan fingerprint density at radius 3 is 1.75 bits per heavy atom. The molecular weight excluding hydrogens is 192 g/mol. The monoisotopic (exact) mass is 204 g/mol. The van der Waals surface area contributed by atoms with Gasteiger partial charge in [-0.1, -0.05) is 0 Å². The zero-order chi connectivity index (χ0) is 9.49. The number of primary amides is 1. The Kier molecular flexibility index (Phi) is 11.8. The van der Waals surface area contributed by atoms with Gasteiger partial charge < -0.3 is 16.6 Å². The van der Waals surface area contributed by atoms with E-state index in [4.69, 9.17) is 17.5 Å². The summed E-state index contributed by atoms with van der Waals surface area (Å²) in [7, 11) is -4.67. The van der Waals surface area contributed by atoms with E-state index in [1.807, 2.05) is 0 Å². The van der Waals surface area contributed by atoms with Crippen molar-refractivity contribution in [3.63, 3.8) is 0 Å². The lowest BCUT2D eigenvalue weighted by atomic mass is 10.9. The molecule has 76 valence electrons. The molecule has 0 unspecified atom stereocenters. The maximum atomic E-state index is 9.60. The van der Waals surface area contributed by atoms with Gasteiger partial charge in [0.1, 0.15) is 0 Å². The second kappa shape index (κ2) is 8.20. The third-order valence-electron chi connectivity index (χ3n) is 0.287. The maximum absolute atomic E-state index is 9.60. The average molecular weight is 204 g/mol. The van der Waals surface area contributed by atoms with Crippen molar-refractivity contribution in [2.24, 2.45) is 5.73 Å². The normalized spacial score (nSPS) is 8.58. The second-order valence-corrected chi connectivity index (χ2v) is 2.10. The van der Waals surface area contributed by atoms with E-state index >= 15 is 0 Å². The van der Waals surface area contributed by atoms with Crippen molar-refractivity contribution in [1.82, 2.24) is 6.15 Å². The smallest absolute Gasteiger partial charge is 0.404 e. The van der Waals surface area contributed by atoms with Crippen LogP contribution in [0.4, 0.5) is 4.79 Å². The summed E-state index contributed by atoms with van der Waals surface area (Å²) in [6, 6.07) is 0. The maximum Gasteiger partial charge on any atom is 0.404 e. The standard InChI is InChI=1S/C3H7NO2.H3N.H2O4S/c1-2-6-3(4)5;;1-5(2,3)4/h2H2,1H3,(H2,4,5);1H3;(H2,1,2,3,4). The van der Waals surface area contributed by atoms with Crippen molar-refractivity contribution in [3.05, 3.63) is 0 Å². The molecule has 8 nitrogen and oxygen atoms in total. The van der Waals surface area contributed by atoms with Gasteiger partial charge in [-0.05, 0) is 6.92 Å². The van der Waals surface area contributed by atoms with Crippen LogP contribution in [-0.4, -0.2) is 30.2 Å². The first-order chi connectivity index (χ1) is 4.77. The summed E-state index contributed by atoms with van der Waals surface area (Å²) >= 11 is 0. The van der Waals surface area contributed by atoms with Gasteiger partial charge in [-0.15, -0.1) is 0 Å². The van der Waals surface area contributed by atoms with Crippen LogP contribution in [0.25, 0.3) is 0 Å². The van der Waals surface area contributed by atoms with Crippen molar-refractivity contribution in [3.8, 4) is 0 Å². The second-order valence-electron chi connectivity index (χ2n) is 1.20. The lowest BCUT2D eigenvalue weighted by molar-refractivity contribution is 0.163. The van der Waals surface area contributed by atoms with Crippen molar-refractivity contribution >= 4 is 16.5 Å². The molecule has 0 saturated carbocycles. The van der Waals surface area contributed by atoms with Gasteiger partial charge in [0.2, 0.25) is 0 Å². The van der Waals surface area contributed by atoms with Crippen molar-refractivity contribution in [2.45, 2.75) is 6.92 Å². The molecule has 0 aromatic carbocycles. The highest BCUT2D eigenvalue weighted by molar-refractivity contribution is 7.79. The summed E-state index contributed by atoms with van der Waals surface area (Å²) in [5.74, 6) is 0. The van der Waals surface area contributed by atoms with E-state index < -0.39 is 16.5 Å². The van der Waals surface area contributed by atoms with Gasteiger partial charge in [-0.3, -0.25) is 9.11 Å². The summed E-state index contributed by atoms with van der Waals surface area (Å²) in [5, 5.41) is 0. The van der Waals surface area contributed by atoms with Gasteiger partial charge in [0.25, 0.3) is 0 Å². The van der Waals surface area contributed by atoms with Gasteiger partial charge in [-0.2, -0.15) is 8.42 Å². The summed E-state index contributed by atoms with van der Waals surface area (Å²) in [4.78, 5) is 9.60. The molecule has 0 aliphatic rings. The van der Waals surface area contributed by atoms with E-state index in [2.05, 4.69) is 10.5 Å². The molecule has 0 heterocycles. The van der Waals surface area contributed by atoms with Gasteiger partial charge in [-0.25, -0.2) is 4.79 Å². The lowest BCUT2D eigenvalue weighted by Gasteiger charge is -1.89. The Morgan fingerprint density at radius 2 is 1.75 bits per heavy atom. The van der Waals surface area contributed by atoms with E-state index in [1.54, 1.807) is 6.92 Å². The number of carbonyl (C=O) groups is 1. The summed E-state index contributed by atoms with van der Waals surface area (Å²) in [5.41, 5.74) is 4.54. The van der Waals surface area contributed by atoms with Crippen LogP contribution in [-0.2, 0) is 15.1 Å². The quantitative estimate of drug-likeness (QED) is 0.422. The Bertz CT molecular complexity index is 191. The molecule has 0 spiro atoms. The minimum atomic E-state index is -4.67. The third kappa shape index (κ3) is 135. The largest absolute Gasteiger partial charge is 0.450 e. The molecule has 0 rings (SSSR count). The summed E-state index contributed by atoms with van der Waals surface area (Å²) < 4.78 is 35.8. The lowest BCUT2D eigenvalue weighted by Crippen LogP contribution is -2.11. The van der Waals surface area contributed by atoms with E-state index in [0.717, 1.165) is 0 Å². The molecule has 0 aromatic heterocycles. The van der Waals surface area contributed by atoms with Crippen molar-refractivity contribution in [1.29, 1.82) is 0 Å². The van der Waals surface area contributed by atoms with Crippen molar-refractivity contribution < 1.29 is 27.1 Å². The Labute approximate surface area is 69.9 Å². The number of carbonyl (C=O) groups excluding carboxylic acids is 1. The van der Waals surface area contributed by atoms with Crippen LogP contribution in [0.2, 0.25) is 0 Å². The molecule has 0 saturated heterocycles. The predicted octanol–water partition coefficient (Wildman–Crippen LogP) is -0.389. The molecule has 0 aromatic rings. The van der Waals surface area contributed by atoms with Gasteiger partial charge in [0.05, 0.1) is 6.61 Å². The number of rotatable bonds is 1. The zero-order valence-corrected chi connectivity index (χ0v) is 7.24. The van der Waals surface area contributed by atoms with Crippen LogP contribution >= 0.6 is 0 Å². The van der Waals surface area contributed by atoms with Gasteiger partial charge >= 0.3 is 16.5 Å². The first kappa shape index (κ1) is 17.3. The average Bonchev–Trinajstić information content (AvgIpc) is 1.58. The zero-order valence-electron chi connectivity index (χ0n) is 6.43. The Balaban J connectivity index is -0.000000126. The van der Waals surface area contributed by atoms with Crippen molar-refractivity contribution in [2.75, 3.05) is 6.61 Å². The molecule has 0 aliphatic heterocycles. The van der Waals surface area contributed by atoms with Crippen LogP contribution in [0.15, 0.2) is 0 Å². The molecule has 9 heteroatoms. The van der Waals surface area contributed by atoms with E-state index in [9.17, 15) is 4.79 Å². The minimum absolute atomic E-state index is 0. The number of ether oxygens (including phenoxy) is 1. The number of hydrogen-bond donors (Lipinski definition) is 4. The van der Waals surface area contributed by atoms with Crippen LogP contribution in [0.1, 0.15) is 6.92 Å². The molecule has 1 amide bonds. The number of nitrogens with two attached hydrogens (primary N) is 1. The van der Waals surface area contributed by atoms with E-state index in [0.29, 0.717) is 6.61 Å². The summed E-state index contributed by atoms with van der Waals surface area (Å²) in [6.07, 6.45) is -0.711. The Morgan fingerprint density at radius 1 is 1.50 bits per heavy atom. The fourth-order valence-corrected chi connectivity index (χ4v) is 0.142. The molecule has 0 aliphatic carbocycles. The van der Waals surface area contributed by atoms with Gasteiger partial charge in [0.15, 0.2) is 0 Å². The predicted molar refractivity (Wildman–Crippen MR) is 40.4 cm³/mol. The highest BCUT2D eigenvalue weighted by Gasteiger charge is 1.84. The molecule has 7 N–H and O–H groups in total. The summed E-state index contributed by atoms with van der Waals surface area (Å²) in [6.45, 7) is 2.06. The molecule has 0 radical (unpaired) electrons. The fourth-order valence-electron chi connectivity index (χ4n) is 0.142. The number of amides is 1. The highest BCUT2D eigenvalue weighted by atomic mass is 32.3. The highest BCUT2D eigenvalue weighted by Crippen LogP contribution is 1.66. The molecule has 0 fully saturated rings. The van der Waals surface area contributed by atoms with Gasteiger partial charge in [0, 0.05) is 0 Å². The van der Waals surface area contributed by atoms with E-state index in [-0.39, 0.29) is 6.15 Å². The number of hydrogen-bond acceptors (Lipinski definition) is 5. The Hall–Kier alpha value is -0.900. The van der Waals surface area contributed by atoms with Crippen LogP contribution in [0.3, 0.4) is 0 Å². The van der Waals surface area contributed by atoms with E-state index in [1.165, 1.54) is 0 Å². The molecule has 0 atom stereocenters. The fraction of sp³-hybridized carbons (Fsp3) is 0.667. The molecule has 0 bridgehead atoms. The van der Waals surface area contributed by atoms with Crippen LogP contribution < -0.4 is 11.9 Å². The first-order valence-corrected chi connectivity index (χ1v) is 3.79. The van der Waals surface area contributed by atoms with Crippen LogP contribution in [0, 0.1) is 0 Å². The van der Waals surface area contributed by atoms with Crippen LogP contribution in [0.5, 0.6) is 0 Å². The first-order valence-electron chi connectivity index (χ1n) is 2.39. The third-order valence-corrected chi connectivity index (χ3v) is 0.287. The topological polar surface area (TPSA) is 162 Å². The minimum Gasteiger partial charge on any atom is -0.450 e. The molecular formula is C3H12N2O6S.